The minimum Gasteiger partial charge on any atom is -0.307 e. The van der Waals surface area contributed by atoms with Crippen molar-refractivity contribution >= 4 is 11.6 Å². The molecule has 0 heterocycles. The van der Waals surface area contributed by atoms with Crippen LogP contribution < -0.4 is 5.32 Å². The SMILES string of the molecule is CC(NC1CC(c2cccc(Cl)c2)C1)c1cccc(F)c1. The second kappa shape index (κ2) is 6.17. The summed E-state index contributed by atoms with van der Waals surface area (Å²) in [6.45, 7) is 2.08. The van der Waals surface area contributed by atoms with Crippen molar-refractivity contribution in [1.29, 1.82) is 0 Å². The van der Waals surface area contributed by atoms with Crippen molar-refractivity contribution in [2.45, 2.75) is 37.8 Å². The minimum absolute atomic E-state index is 0.172. The van der Waals surface area contributed by atoms with Crippen molar-refractivity contribution in [2.24, 2.45) is 0 Å². The molecule has 0 aliphatic heterocycles. The number of hydrogen-bond donors (Lipinski definition) is 1. The molecule has 1 fully saturated rings. The van der Waals surface area contributed by atoms with E-state index in [1.165, 1.54) is 11.6 Å². The Hall–Kier alpha value is -1.38. The summed E-state index contributed by atoms with van der Waals surface area (Å²) in [7, 11) is 0. The van der Waals surface area contributed by atoms with Gasteiger partial charge in [0.1, 0.15) is 5.82 Å². The van der Waals surface area contributed by atoms with Crippen LogP contribution in [0.3, 0.4) is 0 Å². The molecular weight excluding hydrogens is 285 g/mol. The van der Waals surface area contributed by atoms with E-state index in [-0.39, 0.29) is 11.9 Å². The highest BCUT2D eigenvalue weighted by atomic mass is 35.5. The zero-order chi connectivity index (χ0) is 14.8. The Balaban J connectivity index is 1.55. The fourth-order valence-corrected chi connectivity index (χ4v) is 3.21. The summed E-state index contributed by atoms with van der Waals surface area (Å²) in [4.78, 5) is 0. The molecule has 1 N–H and O–H groups in total. The van der Waals surface area contributed by atoms with Gasteiger partial charge in [0.05, 0.1) is 0 Å². The third-order valence-corrected chi connectivity index (χ3v) is 4.53. The van der Waals surface area contributed by atoms with E-state index in [1.54, 1.807) is 12.1 Å². The largest absolute Gasteiger partial charge is 0.307 e. The van der Waals surface area contributed by atoms with E-state index in [9.17, 15) is 4.39 Å². The lowest BCUT2D eigenvalue weighted by atomic mass is 9.75. The summed E-state index contributed by atoms with van der Waals surface area (Å²) in [5.74, 6) is 0.410. The van der Waals surface area contributed by atoms with E-state index in [0.29, 0.717) is 12.0 Å². The molecule has 0 saturated heterocycles. The fraction of sp³-hybridized carbons (Fsp3) is 0.333. The highest BCUT2D eigenvalue weighted by Crippen LogP contribution is 2.38. The van der Waals surface area contributed by atoms with Gasteiger partial charge in [0.2, 0.25) is 0 Å². The van der Waals surface area contributed by atoms with E-state index in [1.807, 2.05) is 18.2 Å². The van der Waals surface area contributed by atoms with Crippen molar-refractivity contribution in [3.63, 3.8) is 0 Å². The highest BCUT2D eigenvalue weighted by molar-refractivity contribution is 6.30. The molecule has 110 valence electrons. The first-order chi connectivity index (χ1) is 10.1. The molecule has 1 saturated carbocycles. The van der Waals surface area contributed by atoms with Gasteiger partial charge in [-0.05, 0) is 61.1 Å². The molecule has 0 radical (unpaired) electrons. The Bertz CT molecular complexity index is 622. The maximum atomic E-state index is 13.2. The van der Waals surface area contributed by atoms with E-state index in [0.717, 1.165) is 23.4 Å². The zero-order valence-electron chi connectivity index (χ0n) is 12.0. The van der Waals surface area contributed by atoms with Crippen LogP contribution in [0.5, 0.6) is 0 Å². The fourth-order valence-electron chi connectivity index (χ4n) is 3.01. The molecule has 21 heavy (non-hydrogen) atoms. The van der Waals surface area contributed by atoms with E-state index >= 15 is 0 Å². The van der Waals surface area contributed by atoms with Gasteiger partial charge in [0.15, 0.2) is 0 Å². The molecule has 1 unspecified atom stereocenters. The van der Waals surface area contributed by atoms with Crippen molar-refractivity contribution in [3.05, 3.63) is 70.5 Å². The molecule has 3 rings (SSSR count). The van der Waals surface area contributed by atoms with Crippen LogP contribution in [0.2, 0.25) is 5.02 Å². The Morgan fingerprint density at radius 1 is 1.14 bits per heavy atom. The molecule has 0 aromatic heterocycles. The third-order valence-electron chi connectivity index (χ3n) is 4.29. The number of benzene rings is 2. The topological polar surface area (TPSA) is 12.0 Å². The van der Waals surface area contributed by atoms with Gasteiger partial charge in [-0.3, -0.25) is 0 Å². The summed E-state index contributed by atoms with van der Waals surface area (Å²) < 4.78 is 13.2. The summed E-state index contributed by atoms with van der Waals surface area (Å²) in [5.41, 5.74) is 2.32. The monoisotopic (exact) mass is 303 g/mol. The van der Waals surface area contributed by atoms with E-state index < -0.39 is 0 Å². The second-order valence-electron chi connectivity index (χ2n) is 5.86. The van der Waals surface area contributed by atoms with Gasteiger partial charge < -0.3 is 5.32 Å². The van der Waals surface area contributed by atoms with Crippen LogP contribution in [0.4, 0.5) is 4.39 Å². The number of hydrogen-bond acceptors (Lipinski definition) is 1. The molecule has 0 spiro atoms. The molecule has 0 amide bonds. The third kappa shape index (κ3) is 3.45. The van der Waals surface area contributed by atoms with Crippen molar-refractivity contribution in [3.8, 4) is 0 Å². The van der Waals surface area contributed by atoms with Crippen molar-refractivity contribution in [2.75, 3.05) is 0 Å². The summed E-state index contributed by atoms with van der Waals surface area (Å²) in [5, 5.41) is 4.38. The molecule has 0 bridgehead atoms. The van der Waals surface area contributed by atoms with Crippen LogP contribution in [0.1, 0.15) is 42.9 Å². The summed E-state index contributed by atoms with van der Waals surface area (Å²) in [6.07, 6.45) is 2.22. The van der Waals surface area contributed by atoms with Gasteiger partial charge >= 0.3 is 0 Å². The first-order valence-electron chi connectivity index (χ1n) is 7.39. The van der Waals surface area contributed by atoms with Gasteiger partial charge in [-0.1, -0.05) is 35.9 Å². The standard InChI is InChI=1S/C18H19ClFN/c1-12(13-4-3-7-17(20)9-13)21-18-10-15(11-18)14-5-2-6-16(19)8-14/h2-9,12,15,18,21H,10-11H2,1H3. The molecule has 2 aromatic rings. The Morgan fingerprint density at radius 2 is 1.90 bits per heavy atom. The molecule has 1 atom stereocenters. The van der Waals surface area contributed by atoms with Crippen molar-refractivity contribution in [1.82, 2.24) is 5.32 Å². The number of halogens is 2. The maximum absolute atomic E-state index is 13.2. The van der Waals surface area contributed by atoms with Crippen LogP contribution in [0, 0.1) is 5.82 Å². The lowest BCUT2D eigenvalue weighted by Gasteiger charge is -2.38. The van der Waals surface area contributed by atoms with Crippen LogP contribution in [-0.2, 0) is 0 Å². The number of nitrogens with one attached hydrogen (secondary N) is 1. The second-order valence-corrected chi connectivity index (χ2v) is 6.30. The Morgan fingerprint density at radius 3 is 2.62 bits per heavy atom. The van der Waals surface area contributed by atoms with Crippen LogP contribution in [0.15, 0.2) is 48.5 Å². The molecule has 1 aliphatic rings. The van der Waals surface area contributed by atoms with Gasteiger partial charge in [0, 0.05) is 17.1 Å². The summed E-state index contributed by atoms with van der Waals surface area (Å²) >= 11 is 6.03. The Labute approximate surface area is 130 Å². The lowest BCUT2D eigenvalue weighted by Crippen LogP contribution is -2.41. The summed E-state index contributed by atoms with van der Waals surface area (Å²) in [6, 6.07) is 15.6. The zero-order valence-corrected chi connectivity index (χ0v) is 12.8. The number of rotatable bonds is 4. The molecule has 2 aromatic carbocycles. The highest BCUT2D eigenvalue weighted by Gasteiger charge is 2.31. The smallest absolute Gasteiger partial charge is 0.123 e. The predicted molar refractivity (Wildman–Crippen MR) is 85.2 cm³/mol. The molecule has 1 aliphatic carbocycles. The predicted octanol–water partition coefficient (Wildman–Crippen LogP) is 5.08. The molecule has 3 heteroatoms. The normalized spacial score (nSPS) is 22.6. The average Bonchev–Trinajstić information content (AvgIpc) is 2.42. The first-order valence-corrected chi connectivity index (χ1v) is 7.76. The van der Waals surface area contributed by atoms with E-state index in [2.05, 4.69) is 24.4 Å². The van der Waals surface area contributed by atoms with E-state index in [4.69, 9.17) is 11.6 Å². The Kier molecular flexibility index (Phi) is 4.27. The van der Waals surface area contributed by atoms with Crippen molar-refractivity contribution < 1.29 is 4.39 Å². The molecular formula is C18H19ClFN. The first kappa shape index (κ1) is 14.6. The minimum atomic E-state index is -0.174. The van der Waals surface area contributed by atoms with Gasteiger partial charge in [-0.2, -0.15) is 0 Å². The quantitative estimate of drug-likeness (QED) is 0.831. The maximum Gasteiger partial charge on any atom is 0.123 e. The van der Waals surface area contributed by atoms with Crippen LogP contribution >= 0.6 is 11.6 Å². The lowest BCUT2D eigenvalue weighted by molar-refractivity contribution is 0.270. The molecule has 1 nitrogen and oxygen atoms in total. The average molecular weight is 304 g/mol. The van der Waals surface area contributed by atoms with Crippen LogP contribution in [-0.4, -0.2) is 6.04 Å². The van der Waals surface area contributed by atoms with Gasteiger partial charge in [-0.25, -0.2) is 4.39 Å². The van der Waals surface area contributed by atoms with Crippen LogP contribution in [0.25, 0.3) is 0 Å². The van der Waals surface area contributed by atoms with Gasteiger partial charge in [0.25, 0.3) is 0 Å². The van der Waals surface area contributed by atoms with Gasteiger partial charge in [-0.15, -0.1) is 0 Å².